The molecule has 0 aliphatic heterocycles. The van der Waals surface area contributed by atoms with E-state index in [9.17, 15) is 10.7 Å². The van der Waals surface area contributed by atoms with E-state index < -0.39 is 30.4 Å². The zero-order valence-corrected chi connectivity index (χ0v) is 35.1. The Morgan fingerprint density at radius 1 is 0.581 bits per heavy atom. The summed E-state index contributed by atoms with van der Waals surface area (Å²) in [7, 11) is 0. The van der Waals surface area contributed by atoms with E-state index in [0.29, 0.717) is 34.9 Å². The van der Waals surface area contributed by atoms with Crippen LogP contribution in [0.4, 0.5) is 0 Å². The molecule has 0 radical (unpaired) electrons. The van der Waals surface area contributed by atoms with Crippen LogP contribution in [0.15, 0.2) is 169 Å². The highest BCUT2D eigenvalue weighted by molar-refractivity contribution is 6.10. The van der Waals surface area contributed by atoms with Gasteiger partial charge in [0.25, 0.3) is 0 Å². The van der Waals surface area contributed by atoms with Gasteiger partial charge in [0.2, 0.25) is 0 Å². The van der Waals surface area contributed by atoms with Gasteiger partial charge in [0, 0.05) is 61.2 Å². The summed E-state index contributed by atoms with van der Waals surface area (Å²) in [6.45, 7) is 5.82. The number of para-hydroxylation sites is 1. The van der Waals surface area contributed by atoms with Crippen molar-refractivity contribution in [3.63, 3.8) is 0 Å². The first kappa shape index (κ1) is 31.7. The molecule has 5 heteroatoms. The third-order valence-electron chi connectivity index (χ3n) is 11.7. The number of hydrogen-bond donors (Lipinski definition) is 0. The number of aromatic nitrogens is 3. The number of nitriles is 1. The van der Waals surface area contributed by atoms with Crippen LogP contribution in [0.5, 0.6) is 0 Å². The van der Waals surface area contributed by atoms with Crippen molar-refractivity contribution in [1.82, 2.24) is 15.0 Å². The fourth-order valence-corrected chi connectivity index (χ4v) is 8.27. The summed E-state index contributed by atoms with van der Waals surface area (Å²) in [4.78, 5) is 14.3. The molecule has 0 amide bonds. The van der Waals surface area contributed by atoms with Crippen molar-refractivity contribution in [3.05, 3.63) is 209 Å². The fraction of sp³-hybridized carbons (Fsp3) is 0.193. The second kappa shape index (κ2) is 16.7. The second-order valence-corrected chi connectivity index (χ2v) is 17.1. The minimum atomic E-state index is -2.73. The monoisotopic (exact) mass is 814 g/mol. The lowest BCUT2D eigenvalue weighted by Crippen LogP contribution is -2.23. The molecule has 0 unspecified atom stereocenters. The minimum absolute atomic E-state index is 0.0141. The lowest BCUT2D eigenvalue weighted by molar-refractivity contribution is 0.512. The van der Waals surface area contributed by atoms with Crippen LogP contribution in [-0.2, 0) is 36.4 Å². The van der Waals surface area contributed by atoms with Gasteiger partial charge in [0.15, 0.2) is 0 Å². The summed E-state index contributed by atoms with van der Waals surface area (Å²) >= 11 is 0. The molecule has 0 spiro atoms. The summed E-state index contributed by atoms with van der Waals surface area (Å²) in [5.41, 5.74) is 7.35. The smallest absolute Gasteiger partial charge is 0.144 e. The number of benzene rings is 5. The lowest BCUT2D eigenvalue weighted by atomic mass is 9.77. The standard InChI is InChI=1S/C57H50N4O/c1-38-45(34-58)22-25-49-48-17-12-18-50(55(48)62-54(38)49)53-26-21-39(35-59-53)19-20-40-29-41(32-56(2,3)46-23-27-51(60-36-46)43-13-8-6-9-14-43)31-42(30-40)33-57(4,5)47-24-28-52(61-37-47)44-15-10-7-11-16-44/h6-18,21-31,35-37H,19-20,32-33H2,1-5H3/i1D3,19D2,20D2,22D. The summed E-state index contributed by atoms with van der Waals surface area (Å²) in [5.74, 6) is 0. The van der Waals surface area contributed by atoms with Crippen LogP contribution in [0.25, 0.3) is 55.7 Å². The quantitative estimate of drug-likeness (QED) is 0.123. The van der Waals surface area contributed by atoms with E-state index in [1.165, 1.54) is 18.3 Å². The number of hydrogen-bond acceptors (Lipinski definition) is 5. The summed E-state index contributed by atoms with van der Waals surface area (Å²) in [6.07, 6.45) is 1.04. The number of fused-ring (bicyclic) bond motifs is 3. The van der Waals surface area contributed by atoms with E-state index in [-0.39, 0.29) is 39.5 Å². The van der Waals surface area contributed by atoms with Crippen molar-refractivity contribution in [1.29, 1.82) is 5.26 Å². The predicted molar refractivity (Wildman–Crippen MR) is 253 cm³/mol. The number of rotatable bonds is 12. The molecule has 5 nitrogen and oxygen atoms in total. The van der Waals surface area contributed by atoms with Crippen LogP contribution in [-0.4, -0.2) is 15.0 Å². The van der Waals surface area contributed by atoms with Crippen molar-refractivity contribution in [2.45, 2.75) is 71.0 Å². The Hall–Kier alpha value is -7.16. The van der Waals surface area contributed by atoms with Crippen molar-refractivity contribution in [2.24, 2.45) is 0 Å². The first-order valence-corrected chi connectivity index (χ1v) is 20.7. The third-order valence-corrected chi connectivity index (χ3v) is 11.7. The highest BCUT2D eigenvalue weighted by Crippen LogP contribution is 2.38. The van der Waals surface area contributed by atoms with E-state index in [0.717, 1.165) is 44.8 Å². The Bertz CT molecular complexity index is 3300. The largest absolute Gasteiger partial charge is 0.455 e. The molecule has 0 saturated carbocycles. The van der Waals surface area contributed by atoms with Crippen LogP contribution in [0.3, 0.4) is 0 Å². The van der Waals surface area contributed by atoms with Crippen LogP contribution in [0.1, 0.15) is 83.2 Å². The van der Waals surface area contributed by atoms with Gasteiger partial charge in [-0.1, -0.05) is 137 Å². The molecule has 0 aliphatic carbocycles. The van der Waals surface area contributed by atoms with Gasteiger partial charge in [0.1, 0.15) is 11.2 Å². The maximum atomic E-state index is 9.80. The Kier molecular flexibility index (Phi) is 8.54. The molecule has 9 rings (SSSR count). The number of nitrogens with zero attached hydrogens (tertiary/aromatic N) is 4. The Balaban J connectivity index is 1.07. The van der Waals surface area contributed by atoms with Crippen LogP contribution in [0, 0.1) is 18.2 Å². The molecule has 5 aromatic carbocycles. The molecule has 0 bridgehead atoms. The van der Waals surface area contributed by atoms with E-state index in [1.54, 1.807) is 36.4 Å². The van der Waals surface area contributed by atoms with Gasteiger partial charge in [-0.25, -0.2) is 0 Å². The summed E-state index contributed by atoms with van der Waals surface area (Å²) < 4.78 is 77.5. The Labute approximate surface area is 376 Å². The average Bonchev–Trinajstić information content (AvgIpc) is 3.71. The Morgan fingerprint density at radius 3 is 1.66 bits per heavy atom. The zero-order chi connectivity index (χ0) is 49.8. The molecule has 0 aliphatic rings. The van der Waals surface area contributed by atoms with Crippen LogP contribution >= 0.6 is 0 Å². The molecule has 4 aromatic heterocycles. The molecule has 62 heavy (non-hydrogen) atoms. The highest BCUT2D eigenvalue weighted by atomic mass is 16.3. The van der Waals surface area contributed by atoms with Crippen LogP contribution in [0.2, 0.25) is 0 Å². The molecular weight excluding hydrogens is 757 g/mol. The van der Waals surface area contributed by atoms with Crippen LogP contribution < -0.4 is 0 Å². The lowest BCUT2D eigenvalue weighted by Gasteiger charge is -2.28. The highest BCUT2D eigenvalue weighted by Gasteiger charge is 2.25. The second-order valence-electron chi connectivity index (χ2n) is 17.1. The van der Waals surface area contributed by atoms with Gasteiger partial charge in [-0.05, 0) is 113 Å². The number of pyridine rings is 3. The number of aryl methyl sites for hydroxylation is 3. The van der Waals surface area contributed by atoms with Crippen molar-refractivity contribution >= 4 is 21.9 Å². The predicted octanol–water partition coefficient (Wildman–Crippen LogP) is 13.8. The number of furan rings is 1. The van der Waals surface area contributed by atoms with Crippen molar-refractivity contribution in [3.8, 4) is 39.8 Å². The van der Waals surface area contributed by atoms with Gasteiger partial charge in [-0.2, -0.15) is 5.26 Å². The molecule has 0 fully saturated rings. The van der Waals surface area contributed by atoms with E-state index >= 15 is 0 Å². The SMILES string of the molecule is [2H]c1cc2c(oc3c(-c4ccc(C([2H])([2H])C([2H])([2H])c5cc(CC(C)(C)c6ccc(-c7ccccc7)nc6)cc(CC(C)(C)c6ccc(-c7ccccc7)nc6)c5)cn4)cccc32)c(C([2H])([2H])[2H])c1C#N. The minimum Gasteiger partial charge on any atom is -0.455 e. The Morgan fingerprint density at radius 2 is 1.13 bits per heavy atom. The third kappa shape index (κ3) is 8.29. The van der Waals surface area contributed by atoms with Gasteiger partial charge in [-0.15, -0.1) is 0 Å². The molecule has 0 N–H and O–H groups in total. The molecule has 0 atom stereocenters. The van der Waals surface area contributed by atoms with Gasteiger partial charge in [0.05, 0.1) is 30.1 Å². The van der Waals surface area contributed by atoms with Gasteiger partial charge < -0.3 is 4.42 Å². The maximum absolute atomic E-state index is 9.80. The van der Waals surface area contributed by atoms with E-state index in [2.05, 4.69) is 50.9 Å². The molecule has 4 heterocycles. The maximum Gasteiger partial charge on any atom is 0.144 e. The topological polar surface area (TPSA) is 75.6 Å². The first-order valence-electron chi connectivity index (χ1n) is 24.7. The zero-order valence-electron chi connectivity index (χ0n) is 43.1. The van der Waals surface area contributed by atoms with E-state index in [1.807, 2.05) is 91.3 Å². The van der Waals surface area contributed by atoms with Gasteiger partial charge in [-0.3, -0.25) is 15.0 Å². The summed E-state index contributed by atoms with van der Waals surface area (Å²) in [6, 6.07) is 45.3. The molecule has 0 saturated heterocycles. The normalized spacial score (nSPS) is 14.4. The molecular formula is C57H50N4O. The average molecular weight is 815 g/mol. The summed E-state index contributed by atoms with van der Waals surface area (Å²) in [5, 5.41) is 10.7. The fourth-order valence-electron chi connectivity index (χ4n) is 8.27. The molecule has 9 aromatic rings. The molecule has 304 valence electrons. The first-order chi connectivity index (χ1) is 33.2. The van der Waals surface area contributed by atoms with E-state index in [4.69, 9.17) is 19.9 Å². The van der Waals surface area contributed by atoms with Crippen molar-refractivity contribution < 1.29 is 15.4 Å². The van der Waals surface area contributed by atoms with Crippen molar-refractivity contribution in [2.75, 3.05) is 0 Å². The van der Waals surface area contributed by atoms with Gasteiger partial charge >= 0.3 is 0 Å².